The topological polar surface area (TPSA) is 80.4 Å². The van der Waals surface area contributed by atoms with Gasteiger partial charge in [0.25, 0.3) is 12.0 Å². The van der Waals surface area contributed by atoms with Gasteiger partial charge in [0.2, 0.25) is 0 Å². The molecule has 1 aromatic rings. The van der Waals surface area contributed by atoms with Crippen molar-refractivity contribution < 1.29 is 8.78 Å². The fourth-order valence-corrected chi connectivity index (χ4v) is 1.18. The molecule has 0 unspecified atom stereocenters. The Labute approximate surface area is 83.4 Å². The van der Waals surface area contributed by atoms with Gasteiger partial charge >= 0.3 is 0 Å². The summed E-state index contributed by atoms with van der Waals surface area (Å²) < 4.78 is 25.0. The van der Waals surface area contributed by atoms with Crippen molar-refractivity contribution in [3.05, 3.63) is 33.2 Å². The van der Waals surface area contributed by atoms with Gasteiger partial charge in [0.1, 0.15) is 6.07 Å². The van der Waals surface area contributed by atoms with Crippen molar-refractivity contribution in [1.82, 2.24) is 4.98 Å². The molecule has 0 spiro atoms. The molecule has 0 atom stereocenters. The molecule has 0 saturated carbocycles. The number of alkyl halides is 2. The molecule has 1 rings (SSSR count). The molecular formula is C9H5F2N3O. The van der Waals surface area contributed by atoms with E-state index in [1.54, 1.807) is 12.1 Å². The maximum absolute atomic E-state index is 12.5. The molecular weight excluding hydrogens is 204 g/mol. The first-order valence-electron chi connectivity index (χ1n) is 3.91. The predicted octanol–water partition coefficient (Wildman–Crippen LogP) is 1.25. The molecule has 1 aromatic heterocycles. The van der Waals surface area contributed by atoms with E-state index in [2.05, 4.69) is 0 Å². The van der Waals surface area contributed by atoms with Crippen molar-refractivity contribution in [1.29, 1.82) is 10.5 Å². The minimum atomic E-state index is -3.00. The quantitative estimate of drug-likeness (QED) is 0.795. The second kappa shape index (κ2) is 4.34. The third-order valence-electron chi connectivity index (χ3n) is 1.84. The minimum absolute atomic E-state index is 0.105. The van der Waals surface area contributed by atoms with Crippen molar-refractivity contribution >= 4 is 0 Å². The Morgan fingerprint density at radius 1 is 1.47 bits per heavy atom. The van der Waals surface area contributed by atoms with Crippen LogP contribution in [0.25, 0.3) is 0 Å². The standard InChI is InChI=1S/C9H5F2N3O/c10-8(11)7-6(1-2-12)5(3-13)4-14-9(7)15/h4,8H,1H2,(H,14,15). The average Bonchev–Trinajstić information content (AvgIpc) is 2.18. The van der Waals surface area contributed by atoms with Gasteiger partial charge < -0.3 is 4.98 Å². The predicted molar refractivity (Wildman–Crippen MR) is 46.1 cm³/mol. The number of pyridine rings is 1. The number of nitriles is 2. The monoisotopic (exact) mass is 209 g/mol. The summed E-state index contributed by atoms with van der Waals surface area (Å²) in [5.74, 6) is 0. The molecule has 0 fully saturated rings. The Hall–Kier alpha value is -2.21. The second-order valence-electron chi connectivity index (χ2n) is 2.67. The molecule has 1 heterocycles. The van der Waals surface area contributed by atoms with Crippen LogP contribution in [0.2, 0.25) is 0 Å². The summed E-state index contributed by atoms with van der Waals surface area (Å²) in [5.41, 5.74) is -2.06. The van der Waals surface area contributed by atoms with Crippen LogP contribution < -0.4 is 5.56 Å². The van der Waals surface area contributed by atoms with Crippen LogP contribution in [0.4, 0.5) is 8.78 Å². The van der Waals surface area contributed by atoms with Gasteiger partial charge in [-0.15, -0.1) is 0 Å². The van der Waals surface area contributed by atoms with Gasteiger partial charge in [0.15, 0.2) is 0 Å². The molecule has 6 heteroatoms. The van der Waals surface area contributed by atoms with E-state index in [0.29, 0.717) is 0 Å². The van der Waals surface area contributed by atoms with Crippen molar-refractivity contribution in [3.63, 3.8) is 0 Å². The van der Waals surface area contributed by atoms with E-state index in [1.165, 1.54) is 0 Å². The number of nitrogens with one attached hydrogen (secondary N) is 1. The number of H-pyrrole nitrogens is 1. The molecule has 0 aliphatic carbocycles. The van der Waals surface area contributed by atoms with Crippen molar-refractivity contribution in [2.24, 2.45) is 0 Å². The van der Waals surface area contributed by atoms with E-state index in [1.807, 2.05) is 4.98 Å². The van der Waals surface area contributed by atoms with E-state index < -0.39 is 17.5 Å². The highest BCUT2D eigenvalue weighted by Gasteiger charge is 2.20. The van der Waals surface area contributed by atoms with Crippen LogP contribution in [-0.2, 0) is 6.42 Å². The Bertz CT molecular complexity index is 508. The number of aromatic nitrogens is 1. The summed E-state index contributed by atoms with van der Waals surface area (Å²) in [6.07, 6.45) is -2.35. The number of nitrogens with zero attached hydrogens (tertiary/aromatic N) is 2. The average molecular weight is 209 g/mol. The Balaban J connectivity index is 3.54. The second-order valence-corrected chi connectivity index (χ2v) is 2.67. The lowest BCUT2D eigenvalue weighted by Crippen LogP contribution is -2.17. The van der Waals surface area contributed by atoms with Crippen LogP contribution in [-0.4, -0.2) is 4.98 Å². The number of hydrogen-bond donors (Lipinski definition) is 1. The van der Waals surface area contributed by atoms with Gasteiger partial charge in [0, 0.05) is 6.20 Å². The summed E-state index contributed by atoms with van der Waals surface area (Å²) in [6.45, 7) is 0. The number of aromatic amines is 1. The fourth-order valence-electron chi connectivity index (χ4n) is 1.18. The maximum Gasteiger partial charge on any atom is 0.269 e. The molecule has 0 radical (unpaired) electrons. The number of halogens is 2. The van der Waals surface area contributed by atoms with Gasteiger partial charge in [-0.25, -0.2) is 8.78 Å². The zero-order valence-electron chi connectivity index (χ0n) is 7.42. The van der Waals surface area contributed by atoms with Crippen molar-refractivity contribution in [3.8, 4) is 12.1 Å². The van der Waals surface area contributed by atoms with Crippen LogP contribution in [0.5, 0.6) is 0 Å². The van der Waals surface area contributed by atoms with E-state index in [9.17, 15) is 13.6 Å². The summed E-state index contributed by atoms with van der Waals surface area (Å²) >= 11 is 0. The first-order chi connectivity index (χ1) is 7.11. The van der Waals surface area contributed by atoms with Crippen LogP contribution in [0.1, 0.15) is 23.1 Å². The van der Waals surface area contributed by atoms with Crippen LogP contribution in [0, 0.1) is 22.7 Å². The molecule has 15 heavy (non-hydrogen) atoms. The van der Waals surface area contributed by atoms with Gasteiger partial charge in [-0.2, -0.15) is 10.5 Å². The largest absolute Gasteiger partial charge is 0.327 e. The SMILES string of the molecule is N#CCc1c(C#N)c[nH]c(=O)c1C(F)F. The lowest BCUT2D eigenvalue weighted by atomic mass is 10.0. The summed E-state index contributed by atoms with van der Waals surface area (Å²) in [7, 11) is 0. The lowest BCUT2D eigenvalue weighted by Gasteiger charge is -2.05. The molecule has 0 aliphatic rings. The van der Waals surface area contributed by atoms with Gasteiger partial charge in [0.05, 0.1) is 23.6 Å². The Kier molecular flexibility index (Phi) is 3.14. The number of hydrogen-bond acceptors (Lipinski definition) is 3. The highest BCUT2D eigenvalue weighted by atomic mass is 19.3. The van der Waals surface area contributed by atoms with Crippen molar-refractivity contribution in [2.45, 2.75) is 12.8 Å². The van der Waals surface area contributed by atoms with E-state index in [4.69, 9.17) is 10.5 Å². The molecule has 0 aliphatic heterocycles. The first-order valence-corrected chi connectivity index (χ1v) is 3.91. The lowest BCUT2D eigenvalue weighted by molar-refractivity contribution is 0.148. The fraction of sp³-hybridized carbons (Fsp3) is 0.222. The van der Waals surface area contributed by atoms with Crippen LogP contribution in [0.3, 0.4) is 0 Å². The smallest absolute Gasteiger partial charge is 0.269 e. The molecule has 1 N–H and O–H groups in total. The molecule has 0 bridgehead atoms. The molecule has 76 valence electrons. The first kappa shape index (κ1) is 10.9. The molecule has 0 saturated heterocycles. The third-order valence-corrected chi connectivity index (χ3v) is 1.84. The van der Waals surface area contributed by atoms with Gasteiger partial charge in [-0.1, -0.05) is 0 Å². The van der Waals surface area contributed by atoms with E-state index in [0.717, 1.165) is 6.20 Å². The molecule has 4 nitrogen and oxygen atoms in total. The zero-order chi connectivity index (χ0) is 11.4. The summed E-state index contributed by atoms with van der Waals surface area (Å²) in [6, 6.07) is 3.29. The molecule has 0 amide bonds. The van der Waals surface area contributed by atoms with E-state index in [-0.39, 0.29) is 17.5 Å². The Morgan fingerprint density at radius 2 is 2.13 bits per heavy atom. The molecule has 0 aromatic carbocycles. The third kappa shape index (κ3) is 2.00. The highest BCUT2D eigenvalue weighted by molar-refractivity contribution is 5.42. The minimum Gasteiger partial charge on any atom is -0.327 e. The van der Waals surface area contributed by atoms with Crippen molar-refractivity contribution in [2.75, 3.05) is 0 Å². The van der Waals surface area contributed by atoms with E-state index >= 15 is 0 Å². The van der Waals surface area contributed by atoms with Crippen LogP contribution >= 0.6 is 0 Å². The highest BCUT2D eigenvalue weighted by Crippen LogP contribution is 2.21. The summed E-state index contributed by atoms with van der Waals surface area (Å²) in [5, 5.41) is 17.0. The summed E-state index contributed by atoms with van der Waals surface area (Å²) in [4.78, 5) is 13.1. The van der Waals surface area contributed by atoms with Gasteiger partial charge in [-0.05, 0) is 5.56 Å². The van der Waals surface area contributed by atoms with Gasteiger partial charge in [-0.3, -0.25) is 4.79 Å². The maximum atomic E-state index is 12.5. The Morgan fingerprint density at radius 3 is 2.60 bits per heavy atom. The normalized spacial score (nSPS) is 9.67. The zero-order valence-corrected chi connectivity index (χ0v) is 7.42. The number of rotatable bonds is 2. The van der Waals surface area contributed by atoms with Crippen LogP contribution in [0.15, 0.2) is 11.0 Å².